The number of carbonyl (C=O) groups excluding carboxylic acids is 2. The molecule has 0 aromatic heterocycles. The van der Waals surface area contributed by atoms with E-state index in [0.717, 1.165) is 28.5 Å². The average Bonchev–Trinajstić information content (AvgIpc) is 3.18. The first-order valence-corrected chi connectivity index (χ1v) is 9.14. The summed E-state index contributed by atoms with van der Waals surface area (Å²) in [7, 11) is 1.41. The van der Waals surface area contributed by atoms with Gasteiger partial charge in [-0.15, -0.1) is 4.99 Å². The van der Waals surface area contributed by atoms with E-state index in [1.54, 1.807) is 24.3 Å². The van der Waals surface area contributed by atoms with Crippen LogP contribution in [0, 0.1) is 23.5 Å². The minimum Gasteiger partial charge on any atom is -0.254 e. The molecule has 3 amide bonds. The van der Waals surface area contributed by atoms with E-state index < -0.39 is 34.5 Å². The SMILES string of the molecule is C[N+]1=C2N=CSC2C(=O)N(c2c(F)cc(C#Cc3ccccc3)cc2F)C1=O. The molecule has 0 bridgehead atoms. The summed E-state index contributed by atoms with van der Waals surface area (Å²) < 4.78 is 30.6. The molecule has 0 N–H and O–H groups in total. The van der Waals surface area contributed by atoms with Crippen LogP contribution in [-0.2, 0) is 4.79 Å². The Kier molecular flexibility index (Phi) is 4.53. The van der Waals surface area contributed by atoms with Crippen molar-refractivity contribution in [3.05, 3.63) is 65.2 Å². The molecule has 1 unspecified atom stereocenters. The van der Waals surface area contributed by atoms with E-state index in [-0.39, 0.29) is 11.4 Å². The fourth-order valence-corrected chi connectivity index (χ4v) is 3.74. The number of rotatable bonds is 1. The van der Waals surface area contributed by atoms with Gasteiger partial charge in [-0.2, -0.15) is 9.48 Å². The molecule has 2 aliphatic heterocycles. The van der Waals surface area contributed by atoms with E-state index in [2.05, 4.69) is 16.8 Å². The van der Waals surface area contributed by atoms with E-state index >= 15 is 0 Å². The molecule has 2 heterocycles. The molecule has 2 aliphatic rings. The van der Waals surface area contributed by atoms with Gasteiger partial charge < -0.3 is 0 Å². The van der Waals surface area contributed by atoms with Gasteiger partial charge in [0.2, 0.25) is 0 Å². The van der Waals surface area contributed by atoms with Gasteiger partial charge in [0.05, 0.1) is 7.05 Å². The van der Waals surface area contributed by atoms with Gasteiger partial charge in [-0.25, -0.2) is 13.6 Å². The summed E-state index contributed by atoms with van der Waals surface area (Å²) in [5.41, 5.74) is 1.51. The number of aliphatic imine (C=N–C) groups is 1. The molecule has 0 spiro atoms. The normalized spacial score (nSPS) is 18.2. The van der Waals surface area contributed by atoms with Crippen molar-refractivity contribution >= 4 is 40.8 Å². The highest BCUT2D eigenvalue weighted by atomic mass is 32.2. The number of amides is 3. The zero-order chi connectivity index (χ0) is 19.8. The molecule has 0 aliphatic carbocycles. The number of hydrogen-bond acceptors (Lipinski definition) is 4. The van der Waals surface area contributed by atoms with Gasteiger partial charge in [-0.3, -0.25) is 4.79 Å². The van der Waals surface area contributed by atoms with Crippen LogP contribution in [0.25, 0.3) is 0 Å². The number of amidine groups is 1. The highest BCUT2D eigenvalue weighted by Crippen LogP contribution is 2.31. The highest BCUT2D eigenvalue weighted by molar-refractivity contribution is 8.14. The molecule has 138 valence electrons. The van der Waals surface area contributed by atoms with Gasteiger partial charge in [-0.05, 0) is 24.3 Å². The van der Waals surface area contributed by atoms with E-state index in [1.165, 1.54) is 12.6 Å². The minimum absolute atomic E-state index is 0.0960. The standard InChI is InChI=1S/C20H12F2N3O2S/c1-24-18-17(28-11-23-18)19(26)25(20(24)27)16-14(21)9-13(10-15(16)22)8-7-12-5-3-2-4-6-12/h2-6,9-11,17H,1H3/q+1. The second-order valence-electron chi connectivity index (χ2n) is 6.03. The molecular weight excluding hydrogens is 384 g/mol. The number of anilines is 1. The lowest BCUT2D eigenvalue weighted by molar-refractivity contribution is -0.394. The van der Waals surface area contributed by atoms with E-state index in [4.69, 9.17) is 0 Å². The summed E-state index contributed by atoms with van der Waals surface area (Å²) in [4.78, 5) is 29.7. The maximum Gasteiger partial charge on any atom is 0.450 e. The monoisotopic (exact) mass is 396 g/mol. The number of halogens is 2. The molecule has 0 saturated carbocycles. The van der Waals surface area contributed by atoms with Crippen LogP contribution in [0.3, 0.4) is 0 Å². The summed E-state index contributed by atoms with van der Waals surface area (Å²) in [5.74, 6) is 2.92. The molecule has 0 radical (unpaired) electrons. The lowest BCUT2D eigenvalue weighted by Crippen LogP contribution is -2.54. The maximum absolute atomic E-state index is 14.7. The van der Waals surface area contributed by atoms with Crippen LogP contribution >= 0.6 is 11.8 Å². The molecule has 0 fully saturated rings. The Morgan fingerprint density at radius 3 is 2.39 bits per heavy atom. The first kappa shape index (κ1) is 18.1. The van der Waals surface area contributed by atoms with Crippen molar-refractivity contribution in [3.8, 4) is 11.8 Å². The molecule has 4 rings (SSSR count). The Bertz CT molecular complexity index is 1110. The van der Waals surface area contributed by atoms with Crippen molar-refractivity contribution in [3.63, 3.8) is 0 Å². The topological polar surface area (TPSA) is 52.8 Å². The van der Waals surface area contributed by atoms with Crippen molar-refractivity contribution in [2.24, 2.45) is 4.99 Å². The molecule has 1 atom stereocenters. The van der Waals surface area contributed by atoms with Crippen LogP contribution in [0.15, 0.2) is 47.5 Å². The zero-order valence-electron chi connectivity index (χ0n) is 14.5. The van der Waals surface area contributed by atoms with Crippen LogP contribution in [0.1, 0.15) is 11.1 Å². The Morgan fingerprint density at radius 1 is 1.07 bits per heavy atom. The predicted octanol–water partition coefficient (Wildman–Crippen LogP) is 3.02. The number of thioether (sulfide) groups is 1. The summed E-state index contributed by atoms with van der Waals surface area (Å²) in [6, 6.07) is 10.1. The second kappa shape index (κ2) is 7.02. The molecule has 2 aromatic rings. The largest absolute Gasteiger partial charge is 0.450 e. The van der Waals surface area contributed by atoms with Crippen molar-refractivity contribution < 1.29 is 22.9 Å². The first-order valence-electron chi connectivity index (χ1n) is 8.20. The first-order chi connectivity index (χ1) is 13.5. The Morgan fingerprint density at radius 2 is 1.71 bits per heavy atom. The molecule has 5 nitrogen and oxygen atoms in total. The third-order valence-electron chi connectivity index (χ3n) is 4.25. The van der Waals surface area contributed by atoms with Crippen LogP contribution in [0.4, 0.5) is 19.3 Å². The molecule has 0 saturated heterocycles. The number of imide groups is 1. The second-order valence-corrected chi connectivity index (χ2v) is 6.98. The number of benzene rings is 2. The maximum atomic E-state index is 14.7. The van der Waals surface area contributed by atoms with Crippen LogP contribution in [0.2, 0.25) is 0 Å². The van der Waals surface area contributed by atoms with Crippen molar-refractivity contribution in [1.82, 2.24) is 0 Å². The average molecular weight is 396 g/mol. The van der Waals surface area contributed by atoms with Crippen molar-refractivity contribution in [2.45, 2.75) is 5.25 Å². The number of nitrogens with zero attached hydrogens (tertiary/aromatic N) is 3. The third-order valence-corrected chi connectivity index (χ3v) is 5.16. The van der Waals surface area contributed by atoms with Crippen LogP contribution < -0.4 is 4.90 Å². The van der Waals surface area contributed by atoms with E-state index in [9.17, 15) is 18.4 Å². The van der Waals surface area contributed by atoms with Gasteiger partial charge >= 0.3 is 11.9 Å². The highest BCUT2D eigenvalue weighted by Gasteiger charge is 2.50. The predicted molar refractivity (Wildman–Crippen MR) is 103 cm³/mol. The lowest BCUT2D eigenvalue weighted by Gasteiger charge is -2.23. The third kappa shape index (κ3) is 3.00. The molecular formula is C20H12F2N3O2S+. The Balaban J connectivity index is 1.73. The lowest BCUT2D eigenvalue weighted by atomic mass is 10.1. The number of hydrogen-bond donors (Lipinski definition) is 0. The van der Waals surface area contributed by atoms with Crippen molar-refractivity contribution in [1.29, 1.82) is 0 Å². The van der Waals surface area contributed by atoms with E-state index in [1.807, 2.05) is 6.07 Å². The van der Waals surface area contributed by atoms with Crippen LogP contribution in [-0.4, -0.2) is 40.2 Å². The summed E-state index contributed by atoms with van der Waals surface area (Å²) in [6.45, 7) is 0. The van der Waals surface area contributed by atoms with Gasteiger partial charge in [0, 0.05) is 11.1 Å². The molecule has 2 aromatic carbocycles. The van der Waals surface area contributed by atoms with Gasteiger partial charge in [0.15, 0.2) is 22.6 Å². The van der Waals surface area contributed by atoms with Crippen LogP contribution in [0.5, 0.6) is 0 Å². The Hall–Kier alpha value is -3.31. The van der Waals surface area contributed by atoms with E-state index in [0.29, 0.717) is 10.5 Å². The quantitative estimate of drug-likeness (QED) is 0.550. The fourth-order valence-electron chi connectivity index (χ4n) is 2.89. The minimum atomic E-state index is -1.04. The summed E-state index contributed by atoms with van der Waals surface area (Å²) >= 11 is 1.08. The van der Waals surface area contributed by atoms with Gasteiger partial charge in [-0.1, -0.05) is 41.8 Å². The fraction of sp³-hybridized carbons (Fsp3) is 0.100. The molecule has 8 heteroatoms. The summed E-state index contributed by atoms with van der Waals surface area (Å²) in [6.07, 6.45) is 0. The smallest absolute Gasteiger partial charge is 0.254 e. The van der Waals surface area contributed by atoms with Gasteiger partial charge in [0.1, 0.15) is 5.55 Å². The zero-order valence-corrected chi connectivity index (χ0v) is 15.3. The number of urea groups is 1. The van der Waals surface area contributed by atoms with Gasteiger partial charge in [0.25, 0.3) is 5.84 Å². The molecule has 28 heavy (non-hydrogen) atoms. The number of fused-ring (bicyclic) bond motifs is 1. The van der Waals surface area contributed by atoms with Crippen molar-refractivity contribution in [2.75, 3.05) is 11.9 Å². The summed E-state index contributed by atoms with van der Waals surface area (Å²) in [5, 5.41) is -0.806. The number of carbonyl (C=O) groups is 2. The Labute approximate surface area is 163 Å².